The first kappa shape index (κ1) is 14.8. The lowest BCUT2D eigenvalue weighted by atomic mass is 10.0. The standard InChI is InChI=1S/C16H10ClF3N2/c1-9-5-7-10(8-6-9)13-11-3-2-4-12(17)14(11)22-15(21-13)16(18,19)20/h2-8H,1H3. The Morgan fingerprint density at radius 3 is 2.27 bits per heavy atom. The maximum absolute atomic E-state index is 13.0. The van der Waals surface area contributed by atoms with Crippen molar-refractivity contribution in [3.05, 3.63) is 58.9 Å². The average molecular weight is 323 g/mol. The first-order chi connectivity index (χ1) is 10.4. The van der Waals surface area contributed by atoms with E-state index in [0.717, 1.165) is 5.56 Å². The van der Waals surface area contributed by atoms with Crippen LogP contribution in [0.3, 0.4) is 0 Å². The summed E-state index contributed by atoms with van der Waals surface area (Å²) in [4.78, 5) is 7.30. The maximum Gasteiger partial charge on any atom is 0.451 e. The third kappa shape index (κ3) is 2.64. The van der Waals surface area contributed by atoms with Gasteiger partial charge in [0.15, 0.2) is 0 Å². The predicted octanol–water partition coefficient (Wildman–Crippen LogP) is 5.28. The molecule has 1 aromatic heterocycles. The van der Waals surface area contributed by atoms with E-state index < -0.39 is 12.0 Å². The lowest BCUT2D eigenvalue weighted by molar-refractivity contribution is -0.144. The minimum atomic E-state index is -4.63. The van der Waals surface area contributed by atoms with Gasteiger partial charge in [-0.05, 0) is 13.0 Å². The van der Waals surface area contributed by atoms with Crippen molar-refractivity contribution in [2.75, 3.05) is 0 Å². The van der Waals surface area contributed by atoms with Crippen molar-refractivity contribution in [2.24, 2.45) is 0 Å². The van der Waals surface area contributed by atoms with Crippen LogP contribution in [0.2, 0.25) is 5.02 Å². The number of hydrogen-bond acceptors (Lipinski definition) is 2. The lowest BCUT2D eigenvalue weighted by Crippen LogP contribution is -2.12. The Kier molecular flexibility index (Phi) is 3.53. The van der Waals surface area contributed by atoms with Crippen molar-refractivity contribution in [2.45, 2.75) is 13.1 Å². The number of aryl methyl sites for hydroxylation is 1. The summed E-state index contributed by atoms with van der Waals surface area (Å²) in [6.07, 6.45) is -4.63. The van der Waals surface area contributed by atoms with Gasteiger partial charge in [0.1, 0.15) is 0 Å². The Morgan fingerprint density at radius 1 is 0.955 bits per heavy atom. The van der Waals surface area contributed by atoms with Crippen LogP contribution in [0.4, 0.5) is 13.2 Å². The van der Waals surface area contributed by atoms with Gasteiger partial charge in [-0.2, -0.15) is 13.2 Å². The van der Waals surface area contributed by atoms with E-state index in [9.17, 15) is 13.2 Å². The average Bonchev–Trinajstić information content (AvgIpc) is 2.47. The number of nitrogens with zero attached hydrogens (tertiary/aromatic N) is 2. The van der Waals surface area contributed by atoms with E-state index in [4.69, 9.17) is 11.6 Å². The summed E-state index contributed by atoms with van der Waals surface area (Å²) >= 11 is 6.01. The molecule has 0 unspecified atom stereocenters. The first-order valence-electron chi connectivity index (χ1n) is 6.47. The molecule has 0 saturated heterocycles. The molecule has 2 nitrogen and oxygen atoms in total. The second-order valence-electron chi connectivity index (χ2n) is 4.90. The van der Waals surface area contributed by atoms with Crippen molar-refractivity contribution in [3.8, 4) is 11.3 Å². The van der Waals surface area contributed by atoms with Crippen molar-refractivity contribution < 1.29 is 13.2 Å². The second-order valence-corrected chi connectivity index (χ2v) is 5.30. The molecule has 112 valence electrons. The number of para-hydroxylation sites is 1. The molecule has 0 bridgehead atoms. The summed E-state index contributed by atoms with van der Waals surface area (Å²) in [7, 11) is 0. The van der Waals surface area contributed by atoms with E-state index in [1.54, 1.807) is 24.3 Å². The van der Waals surface area contributed by atoms with E-state index in [0.29, 0.717) is 10.9 Å². The SMILES string of the molecule is Cc1ccc(-c2nc(C(F)(F)F)nc3c(Cl)cccc23)cc1. The summed E-state index contributed by atoms with van der Waals surface area (Å²) in [6, 6.07) is 11.9. The molecule has 0 amide bonds. The zero-order chi connectivity index (χ0) is 15.9. The zero-order valence-electron chi connectivity index (χ0n) is 11.4. The highest BCUT2D eigenvalue weighted by Gasteiger charge is 2.35. The largest absolute Gasteiger partial charge is 0.451 e. The van der Waals surface area contributed by atoms with Crippen molar-refractivity contribution in [3.63, 3.8) is 0 Å². The van der Waals surface area contributed by atoms with Crippen LogP contribution in [0.1, 0.15) is 11.4 Å². The highest BCUT2D eigenvalue weighted by Crippen LogP contribution is 2.34. The third-order valence-electron chi connectivity index (χ3n) is 3.26. The first-order valence-corrected chi connectivity index (χ1v) is 6.84. The Hall–Kier alpha value is -2.14. The number of benzene rings is 2. The van der Waals surface area contributed by atoms with Crippen LogP contribution in [0.15, 0.2) is 42.5 Å². The van der Waals surface area contributed by atoms with Gasteiger partial charge in [-0.3, -0.25) is 0 Å². The third-order valence-corrected chi connectivity index (χ3v) is 3.56. The van der Waals surface area contributed by atoms with E-state index in [2.05, 4.69) is 9.97 Å². The number of hydrogen-bond donors (Lipinski definition) is 0. The number of halogens is 4. The highest BCUT2D eigenvalue weighted by atomic mass is 35.5. The molecule has 2 aromatic carbocycles. The molecule has 0 saturated carbocycles. The van der Waals surface area contributed by atoms with E-state index in [1.165, 1.54) is 6.07 Å². The van der Waals surface area contributed by atoms with Gasteiger partial charge in [-0.1, -0.05) is 53.6 Å². The Balaban J connectivity index is 2.36. The van der Waals surface area contributed by atoms with Crippen LogP contribution >= 0.6 is 11.6 Å². The van der Waals surface area contributed by atoms with Gasteiger partial charge in [-0.15, -0.1) is 0 Å². The summed E-state index contributed by atoms with van der Waals surface area (Å²) in [5, 5.41) is 0.656. The van der Waals surface area contributed by atoms with Crippen LogP contribution < -0.4 is 0 Å². The van der Waals surface area contributed by atoms with Crippen molar-refractivity contribution in [1.29, 1.82) is 0 Å². The zero-order valence-corrected chi connectivity index (χ0v) is 12.2. The topological polar surface area (TPSA) is 25.8 Å². The molecule has 0 radical (unpaired) electrons. The van der Waals surface area contributed by atoms with Crippen LogP contribution in [0.25, 0.3) is 22.2 Å². The van der Waals surface area contributed by atoms with E-state index in [-0.39, 0.29) is 16.2 Å². The smallest absolute Gasteiger partial charge is 0.224 e. The summed E-state index contributed by atoms with van der Waals surface area (Å²) in [5.41, 5.74) is 1.92. The van der Waals surface area contributed by atoms with Gasteiger partial charge < -0.3 is 0 Å². The Morgan fingerprint density at radius 2 is 1.64 bits per heavy atom. The molecule has 0 atom stereocenters. The highest BCUT2D eigenvalue weighted by molar-refractivity contribution is 6.35. The summed E-state index contributed by atoms with van der Waals surface area (Å²) in [5.74, 6) is -1.19. The Bertz CT molecular complexity index is 842. The van der Waals surface area contributed by atoms with Crippen molar-refractivity contribution in [1.82, 2.24) is 9.97 Å². The van der Waals surface area contributed by atoms with Gasteiger partial charge in [0.25, 0.3) is 0 Å². The molecule has 0 aliphatic rings. The number of fused-ring (bicyclic) bond motifs is 1. The minimum absolute atomic E-state index is 0.0991. The fourth-order valence-corrected chi connectivity index (χ4v) is 2.39. The van der Waals surface area contributed by atoms with Gasteiger partial charge in [0, 0.05) is 10.9 Å². The summed E-state index contributed by atoms with van der Waals surface area (Å²) < 4.78 is 39.1. The number of aromatic nitrogens is 2. The van der Waals surface area contributed by atoms with E-state index in [1.807, 2.05) is 19.1 Å². The van der Waals surface area contributed by atoms with Crippen molar-refractivity contribution >= 4 is 22.5 Å². The molecule has 6 heteroatoms. The fourth-order valence-electron chi connectivity index (χ4n) is 2.18. The fraction of sp³-hybridized carbons (Fsp3) is 0.125. The molecule has 0 spiro atoms. The van der Waals surface area contributed by atoms with Gasteiger partial charge in [-0.25, -0.2) is 9.97 Å². The number of alkyl halides is 3. The second kappa shape index (κ2) is 5.25. The van der Waals surface area contributed by atoms with Crippen LogP contribution in [0, 0.1) is 6.92 Å². The Labute approximate surface area is 129 Å². The summed E-state index contributed by atoms with van der Waals surface area (Å²) in [6.45, 7) is 1.90. The molecule has 3 aromatic rings. The van der Waals surface area contributed by atoms with Gasteiger partial charge in [0.05, 0.1) is 16.2 Å². The number of rotatable bonds is 1. The molecule has 0 fully saturated rings. The van der Waals surface area contributed by atoms with Crippen LogP contribution in [-0.4, -0.2) is 9.97 Å². The monoisotopic (exact) mass is 322 g/mol. The van der Waals surface area contributed by atoms with Gasteiger partial charge >= 0.3 is 6.18 Å². The minimum Gasteiger partial charge on any atom is -0.224 e. The van der Waals surface area contributed by atoms with Crippen LogP contribution in [-0.2, 0) is 6.18 Å². The molecule has 0 aliphatic heterocycles. The lowest BCUT2D eigenvalue weighted by Gasteiger charge is -2.11. The maximum atomic E-state index is 13.0. The van der Waals surface area contributed by atoms with Crippen LogP contribution in [0.5, 0.6) is 0 Å². The van der Waals surface area contributed by atoms with Gasteiger partial charge in [0.2, 0.25) is 5.82 Å². The quantitative estimate of drug-likeness (QED) is 0.609. The normalized spacial score (nSPS) is 11.9. The molecular weight excluding hydrogens is 313 g/mol. The molecule has 22 heavy (non-hydrogen) atoms. The molecule has 0 aliphatic carbocycles. The molecule has 1 heterocycles. The molecular formula is C16H10ClF3N2. The molecule has 3 rings (SSSR count). The van der Waals surface area contributed by atoms with E-state index >= 15 is 0 Å². The predicted molar refractivity (Wildman–Crippen MR) is 79.7 cm³/mol. The molecule has 0 N–H and O–H groups in total.